The number of rotatable bonds is 7. The Hall–Kier alpha value is -3.17. The van der Waals surface area contributed by atoms with Crippen molar-refractivity contribution in [3.63, 3.8) is 0 Å². The number of carbonyl (C=O) groups is 3. The van der Waals surface area contributed by atoms with E-state index < -0.39 is 35.6 Å². The van der Waals surface area contributed by atoms with Crippen LogP contribution in [0.5, 0.6) is 0 Å². The number of ether oxygens (including phenoxy) is 2. The van der Waals surface area contributed by atoms with Crippen molar-refractivity contribution in [2.75, 3.05) is 49.2 Å². The standard InChI is InChI=1S/C29H37N3O6/c1-3-30(4-2)20-11-13-21(14-12-20)31-16-8-15-29-24(26(34)32(17-9-18-33)25(29)27(31)35)23-22(38-29)10-6-5-7-19-37-28(23)36/h6,8,10-15,22-25,33H,3-5,7,9,16-19H2,1-2H3/b10-6-/t22-,23?,24+,25-,29?/m1/s1. The van der Waals surface area contributed by atoms with Crippen LogP contribution in [0.4, 0.5) is 11.4 Å². The molecule has 5 atom stereocenters. The minimum absolute atomic E-state index is 0.119. The third-order valence-electron chi connectivity index (χ3n) is 8.20. The van der Waals surface area contributed by atoms with Crippen LogP contribution in [0.1, 0.15) is 33.1 Å². The molecule has 4 aliphatic heterocycles. The lowest BCUT2D eigenvalue weighted by Crippen LogP contribution is -2.55. The Bertz CT molecular complexity index is 1110. The highest BCUT2D eigenvalue weighted by Crippen LogP contribution is 2.53. The van der Waals surface area contributed by atoms with Gasteiger partial charge in [-0.3, -0.25) is 14.4 Å². The molecule has 1 N–H and O–H groups in total. The summed E-state index contributed by atoms with van der Waals surface area (Å²) in [5.74, 6) is -2.75. The van der Waals surface area contributed by atoms with Crippen molar-refractivity contribution in [3.05, 3.63) is 48.6 Å². The highest BCUT2D eigenvalue weighted by molar-refractivity contribution is 6.05. The Labute approximate surface area is 223 Å². The summed E-state index contributed by atoms with van der Waals surface area (Å²) in [4.78, 5) is 46.9. The van der Waals surface area contributed by atoms with E-state index in [0.29, 0.717) is 19.4 Å². The summed E-state index contributed by atoms with van der Waals surface area (Å²) in [5, 5.41) is 9.54. The maximum atomic E-state index is 14.3. The zero-order valence-electron chi connectivity index (χ0n) is 22.1. The topological polar surface area (TPSA) is 99.6 Å². The van der Waals surface area contributed by atoms with Crippen LogP contribution in [0.15, 0.2) is 48.6 Å². The molecule has 2 saturated heterocycles. The largest absolute Gasteiger partial charge is 0.465 e. The first-order chi connectivity index (χ1) is 18.5. The van der Waals surface area contributed by atoms with Gasteiger partial charge in [-0.25, -0.2) is 0 Å². The predicted octanol–water partition coefficient (Wildman–Crippen LogP) is 2.29. The number of nitrogens with zero attached hydrogens (tertiary/aromatic N) is 3. The number of anilines is 2. The zero-order chi connectivity index (χ0) is 26.9. The van der Waals surface area contributed by atoms with Gasteiger partial charge >= 0.3 is 5.97 Å². The van der Waals surface area contributed by atoms with Crippen molar-refractivity contribution in [3.8, 4) is 0 Å². The summed E-state index contributed by atoms with van der Waals surface area (Å²) in [6, 6.07) is 6.91. The molecule has 0 aromatic heterocycles. The van der Waals surface area contributed by atoms with Crippen molar-refractivity contribution < 1.29 is 29.0 Å². The molecule has 1 aromatic carbocycles. The number of hydrogen-bond donors (Lipinski definition) is 1. The lowest BCUT2D eigenvalue weighted by atomic mass is 9.78. The van der Waals surface area contributed by atoms with Crippen LogP contribution in [0.25, 0.3) is 0 Å². The zero-order valence-corrected chi connectivity index (χ0v) is 22.1. The van der Waals surface area contributed by atoms with Gasteiger partial charge in [0.25, 0.3) is 5.91 Å². The fourth-order valence-corrected chi connectivity index (χ4v) is 6.40. The van der Waals surface area contributed by atoms with Crippen molar-refractivity contribution in [2.24, 2.45) is 11.8 Å². The average molecular weight is 524 g/mol. The molecule has 4 heterocycles. The van der Waals surface area contributed by atoms with Crippen LogP contribution in [-0.2, 0) is 23.9 Å². The van der Waals surface area contributed by atoms with E-state index in [9.17, 15) is 19.5 Å². The molecule has 2 fully saturated rings. The molecule has 1 spiro atoms. The maximum Gasteiger partial charge on any atom is 0.312 e. The molecule has 4 aliphatic rings. The van der Waals surface area contributed by atoms with Gasteiger partial charge in [0, 0.05) is 44.2 Å². The molecular weight excluding hydrogens is 486 g/mol. The summed E-state index contributed by atoms with van der Waals surface area (Å²) in [5.41, 5.74) is 0.507. The number of carbonyl (C=O) groups excluding carboxylic acids is 3. The number of aliphatic hydroxyl groups excluding tert-OH is 1. The van der Waals surface area contributed by atoms with E-state index in [2.05, 4.69) is 18.7 Å². The number of benzene rings is 1. The number of hydrogen-bond acceptors (Lipinski definition) is 7. The molecule has 9 heteroatoms. The molecule has 0 bridgehead atoms. The van der Waals surface area contributed by atoms with E-state index in [1.165, 1.54) is 4.90 Å². The van der Waals surface area contributed by atoms with Crippen LogP contribution in [0, 0.1) is 11.8 Å². The summed E-state index contributed by atoms with van der Waals surface area (Å²) >= 11 is 0. The van der Waals surface area contributed by atoms with E-state index in [4.69, 9.17) is 9.47 Å². The second kappa shape index (κ2) is 10.9. The summed E-state index contributed by atoms with van der Waals surface area (Å²) in [7, 11) is 0. The van der Waals surface area contributed by atoms with Crippen LogP contribution < -0.4 is 9.80 Å². The Balaban J connectivity index is 1.54. The Morgan fingerprint density at radius 3 is 2.55 bits per heavy atom. The van der Waals surface area contributed by atoms with E-state index in [1.54, 1.807) is 4.90 Å². The molecule has 5 rings (SSSR count). The molecule has 2 unspecified atom stereocenters. The lowest BCUT2D eigenvalue weighted by Gasteiger charge is -2.35. The first-order valence-corrected chi connectivity index (χ1v) is 13.7. The Kier molecular flexibility index (Phi) is 7.59. The highest BCUT2D eigenvalue weighted by atomic mass is 16.6. The Morgan fingerprint density at radius 1 is 1.08 bits per heavy atom. The van der Waals surface area contributed by atoms with Crippen LogP contribution in [0.3, 0.4) is 0 Å². The molecule has 0 aliphatic carbocycles. The van der Waals surface area contributed by atoms with Gasteiger partial charge in [0.15, 0.2) is 0 Å². The number of cyclic esters (lactones) is 1. The van der Waals surface area contributed by atoms with Gasteiger partial charge in [-0.2, -0.15) is 0 Å². The number of aliphatic hydroxyl groups is 1. The van der Waals surface area contributed by atoms with Gasteiger partial charge in [0.2, 0.25) is 5.91 Å². The first kappa shape index (κ1) is 26.4. The number of fused-ring (bicyclic) bond motifs is 2. The van der Waals surface area contributed by atoms with Crippen molar-refractivity contribution in [1.82, 2.24) is 4.90 Å². The van der Waals surface area contributed by atoms with Gasteiger partial charge < -0.3 is 29.3 Å². The number of allylic oxidation sites excluding steroid dienone is 1. The average Bonchev–Trinajstić information content (AvgIpc) is 3.33. The molecule has 0 saturated carbocycles. The monoisotopic (exact) mass is 523 g/mol. The Morgan fingerprint density at radius 2 is 1.84 bits per heavy atom. The molecular formula is C29H37N3O6. The highest BCUT2D eigenvalue weighted by Gasteiger charge is 2.71. The van der Waals surface area contributed by atoms with Crippen molar-refractivity contribution in [2.45, 2.75) is 50.9 Å². The maximum absolute atomic E-state index is 14.3. The minimum atomic E-state index is -1.29. The van der Waals surface area contributed by atoms with E-state index in [-0.39, 0.29) is 31.6 Å². The molecule has 2 amide bonds. The fraction of sp³-hybridized carbons (Fsp3) is 0.552. The molecule has 0 radical (unpaired) electrons. The lowest BCUT2D eigenvalue weighted by molar-refractivity contribution is -0.154. The SMILES string of the molecule is CCN(CC)c1ccc(N2CC=CC34O[C@@H]5/C=C\CCCOC(=O)C5[C@H]3C(=O)N(CCCO)[C@@H]4C2=O)cc1. The molecule has 9 nitrogen and oxygen atoms in total. The number of amides is 2. The van der Waals surface area contributed by atoms with Crippen molar-refractivity contribution >= 4 is 29.2 Å². The number of likely N-dealkylation sites (tertiary alicyclic amines) is 1. The number of esters is 1. The van der Waals surface area contributed by atoms with Crippen molar-refractivity contribution in [1.29, 1.82) is 0 Å². The van der Waals surface area contributed by atoms with E-state index in [1.807, 2.05) is 48.6 Å². The quantitative estimate of drug-likeness (QED) is 0.432. The van der Waals surface area contributed by atoms with Gasteiger partial charge in [-0.15, -0.1) is 0 Å². The molecule has 204 valence electrons. The van der Waals surface area contributed by atoms with Crippen LogP contribution >= 0.6 is 0 Å². The molecule has 38 heavy (non-hydrogen) atoms. The normalized spacial score (nSPS) is 31.5. The van der Waals surface area contributed by atoms with Crippen LogP contribution in [0.2, 0.25) is 0 Å². The van der Waals surface area contributed by atoms with Gasteiger partial charge in [-0.05, 0) is 57.4 Å². The van der Waals surface area contributed by atoms with E-state index in [0.717, 1.165) is 30.9 Å². The van der Waals surface area contributed by atoms with E-state index >= 15 is 0 Å². The second-order valence-electron chi connectivity index (χ2n) is 10.2. The second-order valence-corrected chi connectivity index (χ2v) is 10.2. The minimum Gasteiger partial charge on any atom is -0.465 e. The summed E-state index contributed by atoms with van der Waals surface area (Å²) < 4.78 is 12.1. The van der Waals surface area contributed by atoms with Gasteiger partial charge in [0.05, 0.1) is 18.6 Å². The van der Waals surface area contributed by atoms with Gasteiger partial charge in [-0.1, -0.05) is 24.3 Å². The predicted molar refractivity (Wildman–Crippen MR) is 143 cm³/mol. The third-order valence-corrected chi connectivity index (χ3v) is 8.20. The fourth-order valence-electron chi connectivity index (χ4n) is 6.40. The summed E-state index contributed by atoms with van der Waals surface area (Å²) in [6.45, 7) is 6.64. The third kappa shape index (κ3) is 4.31. The van der Waals surface area contributed by atoms with Gasteiger partial charge in [0.1, 0.15) is 17.6 Å². The smallest absolute Gasteiger partial charge is 0.312 e. The first-order valence-electron chi connectivity index (χ1n) is 13.7. The summed E-state index contributed by atoms with van der Waals surface area (Å²) in [6.07, 6.45) is 8.61. The molecule has 1 aromatic rings. The van der Waals surface area contributed by atoms with Crippen LogP contribution in [-0.4, -0.2) is 84.9 Å².